The van der Waals surface area contributed by atoms with Crippen molar-refractivity contribution in [3.63, 3.8) is 0 Å². The van der Waals surface area contributed by atoms with Crippen molar-refractivity contribution in [1.29, 1.82) is 0 Å². The molecule has 4 rings (SSSR count). The van der Waals surface area contributed by atoms with E-state index in [2.05, 4.69) is 15.1 Å². The number of hydrogen-bond acceptors (Lipinski definition) is 6. The number of aromatic nitrogens is 5. The van der Waals surface area contributed by atoms with Crippen LogP contribution in [0, 0.1) is 0 Å². The molecule has 0 aliphatic rings. The summed E-state index contributed by atoms with van der Waals surface area (Å²) in [5, 5.41) is 13.2. The molecule has 8 heteroatoms. The van der Waals surface area contributed by atoms with Crippen LogP contribution < -0.4 is 5.56 Å². The number of benzene rings is 1. The van der Waals surface area contributed by atoms with E-state index in [0.29, 0.717) is 17.1 Å². The van der Waals surface area contributed by atoms with Gasteiger partial charge in [-0.1, -0.05) is 24.2 Å². The van der Waals surface area contributed by atoms with E-state index in [1.807, 2.05) is 38.1 Å². The van der Waals surface area contributed by atoms with E-state index >= 15 is 0 Å². The molecule has 134 valence electrons. The van der Waals surface area contributed by atoms with Gasteiger partial charge in [-0.05, 0) is 26.0 Å². The van der Waals surface area contributed by atoms with Crippen molar-refractivity contribution in [2.75, 3.05) is 6.61 Å². The monoisotopic (exact) mass is 353 g/mol. The van der Waals surface area contributed by atoms with Gasteiger partial charge in [0.25, 0.3) is 5.56 Å². The minimum atomic E-state index is -0.279. The molecule has 0 aliphatic heterocycles. The van der Waals surface area contributed by atoms with Crippen molar-refractivity contribution in [2.45, 2.75) is 32.7 Å². The summed E-state index contributed by atoms with van der Waals surface area (Å²) in [6.45, 7) is 5.61. The van der Waals surface area contributed by atoms with Gasteiger partial charge in [-0.3, -0.25) is 9.20 Å². The predicted octanol–water partition coefficient (Wildman–Crippen LogP) is 2.38. The smallest absolute Gasteiger partial charge is 0.278 e. The number of aliphatic hydroxyl groups is 1. The first-order valence-electron chi connectivity index (χ1n) is 8.48. The van der Waals surface area contributed by atoms with E-state index in [1.54, 1.807) is 22.2 Å². The second-order valence-corrected chi connectivity index (χ2v) is 6.61. The van der Waals surface area contributed by atoms with Crippen molar-refractivity contribution < 1.29 is 9.63 Å². The molecule has 26 heavy (non-hydrogen) atoms. The Morgan fingerprint density at radius 3 is 2.62 bits per heavy atom. The Hall–Kier alpha value is -3.00. The van der Waals surface area contributed by atoms with Crippen LogP contribution in [0.3, 0.4) is 0 Å². The topological polar surface area (TPSA) is 98.5 Å². The Bertz CT molecular complexity index is 1150. The summed E-state index contributed by atoms with van der Waals surface area (Å²) in [6.07, 6.45) is 1.60. The standard InChI is InChI=1S/C18H19N5O3/c1-10(2)23-13-7-5-4-6-12(13)22-9-19-14(15(22)18(23)25)16-20-17(26-21-16)11(3)8-24/h4-7,9-11,24H,8H2,1-3H3. The zero-order valence-electron chi connectivity index (χ0n) is 14.7. The van der Waals surface area contributed by atoms with Gasteiger partial charge in [0.2, 0.25) is 11.7 Å². The van der Waals surface area contributed by atoms with Gasteiger partial charge in [-0.15, -0.1) is 0 Å². The number of aliphatic hydroxyl groups excluding tert-OH is 1. The second-order valence-electron chi connectivity index (χ2n) is 6.61. The molecular weight excluding hydrogens is 334 g/mol. The number of hydrogen-bond donors (Lipinski definition) is 1. The van der Waals surface area contributed by atoms with Gasteiger partial charge in [0.15, 0.2) is 0 Å². The third-order valence-corrected chi connectivity index (χ3v) is 4.46. The van der Waals surface area contributed by atoms with Crippen LogP contribution in [0.1, 0.15) is 38.6 Å². The highest BCUT2D eigenvalue weighted by Gasteiger charge is 2.22. The van der Waals surface area contributed by atoms with Crippen LogP contribution >= 0.6 is 0 Å². The fourth-order valence-corrected chi connectivity index (χ4v) is 3.12. The predicted molar refractivity (Wildman–Crippen MR) is 96.1 cm³/mol. The van der Waals surface area contributed by atoms with Crippen LogP contribution in [0.15, 0.2) is 39.9 Å². The van der Waals surface area contributed by atoms with E-state index in [4.69, 9.17) is 4.52 Å². The van der Waals surface area contributed by atoms with Crippen LogP contribution in [-0.2, 0) is 0 Å². The van der Waals surface area contributed by atoms with Crippen LogP contribution in [0.5, 0.6) is 0 Å². The molecule has 0 amide bonds. The van der Waals surface area contributed by atoms with Gasteiger partial charge in [0.05, 0.1) is 23.6 Å². The Kier molecular flexibility index (Phi) is 3.84. The highest BCUT2D eigenvalue weighted by Crippen LogP contribution is 2.25. The quantitative estimate of drug-likeness (QED) is 0.605. The van der Waals surface area contributed by atoms with Gasteiger partial charge in [-0.2, -0.15) is 4.98 Å². The van der Waals surface area contributed by atoms with Crippen LogP contribution in [0.2, 0.25) is 0 Å². The maximum absolute atomic E-state index is 13.2. The average molecular weight is 353 g/mol. The summed E-state index contributed by atoms with van der Waals surface area (Å²) < 4.78 is 8.72. The summed E-state index contributed by atoms with van der Waals surface area (Å²) in [5.74, 6) is 0.275. The van der Waals surface area contributed by atoms with Crippen molar-refractivity contribution in [1.82, 2.24) is 24.1 Å². The number of imidazole rings is 1. The summed E-state index contributed by atoms with van der Waals surface area (Å²) in [4.78, 5) is 21.9. The lowest BCUT2D eigenvalue weighted by Crippen LogP contribution is -2.24. The lowest BCUT2D eigenvalue weighted by atomic mass is 10.2. The lowest BCUT2D eigenvalue weighted by Gasteiger charge is -2.15. The van der Waals surface area contributed by atoms with Crippen molar-refractivity contribution in [3.05, 3.63) is 46.8 Å². The van der Waals surface area contributed by atoms with Gasteiger partial charge in [0.1, 0.15) is 17.5 Å². The molecule has 3 heterocycles. The van der Waals surface area contributed by atoms with Crippen LogP contribution in [0.4, 0.5) is 0 Å². The van der Waals surface area contributed by atoms with Crippen molar-refractivity contribution >= 4 is 16.6 Å². The summed E-state index contributed by atoms with van der Waals surface area (Å²) in [7, 11) is 0. The van der Waals surface area contributed by atoms with Gasteiger partial charge < -0.3 is 14.2 Å². The molecular formula is C18H19N5O3. The van der Waals surface area contributed by atoms with Crippen molar-refractivity contribution in [2.24, 2.45) is 0 Å². The number of rotatable bonds is 4. The first-order valence-corrected chi connectivity index (χ1v) is 8.48. The molecule has 3 aromatic heterocycles. The highest BCUT2D eigenvalue weighted by molar-refractivity contribution is 5.83. The van der Waals surface area contributed by atoms with Crippen LogP contribution in [-0.4, -0.2) is 35.8 Å². The van der Waals surface area contributed by atoms with E-state index in [0.717, 1.165) is 11.0 Å². The zero-order chi connectivity index (χ0) is 18.4. The lowest BCUT2D eigenvalue weighted by molar-refractivity contribution is 0.242. The molecule has 0 radical (unpaired) electrons. The van der Waals surface area contributed by atoms with E-state index in [1.165, 1.54) is 0 Å². The summed E-state index contributed by atoms with van der Waals surface area (Å²) in [6, 6.07) is 7.68. The Morgan fingerprint density at radius 2 is 1.92 bits per heavy atom. The van der Waals surface area contributed by atoms with Crippen LogP contribution in [0.25, 0.3) is 28.1 Å². The first kappa shape index (κ1) is 16.5. The Morgan fingerprint density at radius 1 is 1.19 bits per heavy atom. The van der Waals surface area contributed by atoms with Gasteiger partial charge in [0, 0.05) is 6.04 Å². The summed E-state index contributed by atoms with van der Waals surface area (Å²) in [5.41, 5.74) is 2.33. The number of fused-ring (bicyclic) bond motifs is 3. The molecule has 8 nitrogen and oxygen atoms in total. The molecule has 0 saturated heterocycles. The molecule has 1 N–H and O–H groups in total. The molecule has 4 aromatic rings. The van der Waals surface area contributed by atoms with E-state index in [9.17, 15) is 9.90 Å². The third-order valence-electron chi connectivity index (χ3n) is 4.46. The normalized spacial score (nSPS) is 13.1. The Balaban J connectivity index is 2.04. The molecule has 0 fully saturated rings. The molecule has 1 aromatic carbocycles. The summed E-state index contributed by atoms with van der Waals surface area (Å²) >= 11 is 0. The molecule has 0 aliphatic carbocycles. The third kappa shape index (κ3) is 2.33. The molecule has 1 unspecified atom stereocenters. The number of nitrogens with zero attached hydrogens (tertiary/aromatic N) is 5. The minimum absolute atomic E-state index is 0.0182. The second kappa shape index (κ2) is 6.06. The van der Waals surface area contributed by atoms with Gasteiger partial charge >= 0.3 is 0 Å². The number of para-hydroxylation sites is 2. The fourth-order valence-electron chi connectivity index (χ4n) is 3.12. The molecule has 0 saturated carbocycles. The fraction of sp³-hybridized carbons (Fsp3) is 0.333. The maximum atomic E-state index is 13.2. The molecule has 0 bridgehead atoms. The van der Waals surface area contributed by atoms with Crippen molar-refractivity contribution in [3.8, 4) is 11.5 Å². The SMILES string of the molecule is CC(CO)c1nc(-c2ncn3c2c(=O)n(C(C)C)c2ccccc23)no1. The largest absolute Gasteiger partial charge is 0.396 e. The highest BCUT2D eigenvalue weighted by atomic mass is 16.5. The minimum Gasteiger partial charge on any atom is -0.396 e. The molecule has 0 spiro atoms. The maximum Gasteiger partial charge on any atom is 0.278 e. The molecule has 1 atom stereocenters. The Labute approximate surface area is 148 Å². The zero-order valence-corrected chi connectivity index (χ0v) is 14.7. The first-order chi connectivity index (χ1) is 12.5. The van der Waals surface area contributed by atoms with E-state index in [-0.39, 0.29) is 30.0 Å². The average Bonchev–Trinajstić information content (AvgIpc) is 3.28. The van der Waals surface area contributed by atoms with Gasteiger partial charge in [-0.25, -0.2) is 4.98 Å². The van der Waals surface area contributed by atoms with E-state index < -0.39 is 0 Å².